The van der Waals surface area contributed by atoms with E-state index in [1.807, 2.05) is 0 Å². The van der Waals surface area contributed by atoms with Gasteiger partial charge in [0.05, 0.1) is 17.9 Å². The van der Waals surface area contributed by atoms with Crippen molar-refractivity contribution in [3.05, 3.63) is 5.82 Å². The second-order valence-electron chi connectivity index (χ2n) is 3.72. The fourth-order valence-corrected chi connectivity index (χ4v) is 3.43. The highest BCUT2D eigenvalue weighted by Gasteiger charge is 2.23. The molecule has 1 saturated heterocycles. The van der Waals surface area contributed by atoms with E-state index in [2.05, 4.69) is 26.7 Å². The molecule has 0 saturated carbocycles. The van der Waals surface area contributed by atoms with Crippen molar-refractivity contribution >= 4 is 28.1 Å². The van der Waals surface area contributed by atoms with Crippen molar-refractivity contribution < 1.29 is 0 Å². The first-order valence-corrected chi connectivity index (χ1v) is 7.14. The zero-order valence-corrected chi connectivity index (χ0v) is 10.6. The Morgan fingerprint density at radius 1 is 1.59 bits per heavy atom. The summed E-state index contributed by atoms with van der Waals surface area (Å²) in [5, 5.41) is 24.7. The second-order valence-corrected chi connectivity index (χ2v) is 5.89. The van der Waals surface area contributed by atoms with Crippen LogP contribution in [-0.2, 0) is 0 Å². The number of thioether (sulfide) groups is 1. The van der Waals surface area contributed by atoms with Gasteiger partial charge in [-0.25, -0.2) is 0 Å². The number of aromatic nitrogens is 4. The van der Waals surface area contributed by atoms with Gasteiger partial charge in [-0.15, -0.1) is 15.3 Å². The lowest BCUT2D eigenvalue weighted by Gasteiger charge is -2.04. The van der Waals surface area contributed by atoms with Crippen molar-refractivity contribution in [1.82, 2.24) is 25.1 Å². The number of fused-ring (bicyclic) bond motifs is 1. The molecule has 1 aliphatic rings. The van der Waals surface area contributed by atoms with Gasteiger partial charge in [-0.2, -0.15) is 9.78 Å². The molecule has 3 rings (SSSR count). The quantitative estimate of drug-likeness (QED) is 0.842. The maximum atomic E-state index is 8.54. The maximum absolute atomic E-state index is 8.54. The Morgan fingerprint density at radius 2 is 2.53 bits per heavy atom. The normalized spacial score (nSPS) is 19.8. The second kappa shape index (κ2) is 4.60. The van der Waals surface area contributed by atoms with E-state index >= 15 is 0 Å². The molecule has 2 aromatic rings. The molecule has 6 nitrogen and oxygen atoms in total. The average Bonchev–Trinajstić information content (AvgIpc) is 3.01. The number of nitrogens with one attached hydrogen (secondary N) is 1. The Balaban J connectivity index is 1.91. The molecule has 1 N–H and O–H groups in total. The van der Waals surface area contributed by atoms with Gasteiger partial charge in [-0.05, 0) is 19.4 Å². The lowest BCUT2D eigenvalue weighted by atomic mass is 10.2. The summed E-state index contributed by atoms with van der Waals surface area (Å²) in [6, 6.07) is 2.36. The third-order valence-electron chi connectivity index (χ3n) is 2.63. The van der Waals surface area contributed by atoms with Crippen LogP contribution >= 0.6 is 23.1 Å². The van der Waals surface area contributed by atoms with E-state index in [0.717, 1.165) is 28.1 Å². The Morgan fingerprint density at radius 3 is 3.29 bits per heavy atom. The molecule has 17 heavy (non-hydrogen) atoms. The molecule has 0 bridgehead atoms. The standard InChI is InChI=1S/C9H10N6S2/c10-3-5-16-9-14-15-7(6-2-1-4-11-6)12-13-8(15)17-9/h6,11H,1-2,4-5H2/t6-/m1/s1. The molecular formula is C9H10N6S2. The van der Waals surface area contributed by atoms with Gasteiger partial charge in [0.25, 0.3) is 0 Å². The van der Waals surface area contributed by atoms with Crippen molar-refractivity contribution in [2.75, 3.05) is 12.3 Å². The van der Waals surface area contributed by atoms with Crippen LogP contribution < -0.4 is 5.32 Å². The van der Waals surface area contributed by atoms with E-state index < -0.39 is 0 Å². The molecule has 1 aliphatic heterocycles. The fraction of sp³-hybridized carbons (Fsp3) is 0.556. The van der Waals surface area contributed by atoms with Crippen LogP contribution in [0.25, 0.3) is 4.96 Å². The molecule has 1 fully saturated rings. The molecule has 0 aliphatic carbocycles. The van der Waals surface area contributed by atoms with Gasteiger partial charge < -0.3 is 5.32 Å². The number of rotatable bonds is 3. The minimum Gasteiger partial charge on any atom is -0.307 e. The monoisotopic (exact) mass is 266 g/mol. The highest BCUT2D eigenvalue weighted by Crippen LogP contribution is 2.27. The number of hydrogen-bond acceptors (Lipinski definition) is 7. The Kier molecular flexibility index (Phi) is 2.96. The molecule has 0 amide bonds. The third kappa shape index (κ3) is 2.01. The molecule has 2 aromatic heterocycles. The maximum Gasteiger partial charge on any atom is 0.235 e. The van der Waals surface area contributed by atoms with Crippen molar-refractivity contribution in [2.24, 2.45) is 0 Å². The summed E-state index contributed by atoms with van der Waals surface area (Å²) in [6.07, 6.45) is 2.25. The Bertz CT molecular complexity index is 562. The van der Waals surface area contributed by atoms with Crippen LogP contribution in [0.2, 0.25) is 0 Å². The van der Waals surface area contributed by atoms with Crippen LogP contribution in [0.1, 0.15) is 24.7 Å². The molecule has 0 spiro atoms. The summed E-state index contributed by atoms with van der Waals surface area (Å²) in [7, 11) is 0. The van der Waals surface area contributed by atoms with E-state index in [0.29, 0.717) is 5.75 Å². The molecular weight excluding hydrogens is 256 g/mol. The smallest absolute Gasteiger partial charge is 0.235 e. The van der Waals surface area contributed by atoms with Crippen LogP contribution in [0.15, 0.2) is 4.34 Å². The third-order valence-corrected chi connectivity index (χ3v) is 4.53. The lowest BCUT2D eigenvalue weighted by Crippen LogP contribution is -2.16. The van der Waals surface area contributed by atoms with Gasteiger partial charge in [0, 0.05) is 0 Å². The van der Waals surface area contributed by atoms with Crippen LogP contribution in [0.5, 0.6) is 0 Å². The van der Waals surface area contributed by atoms with Gasteiger partial charge in [-0.1, -0.05) is 23.1 Å². The molecule has 0 aromatic carbocycles. The topological polar surface area (TPSA) is 78.9 Å². The lowest BCUT2D eigenvalue weighted by molar-refractivity contribution is 0.582. The van der Waals surface area contributed by atoms with Gasteiger partial charge in [0.15, 0.2) is 10.2 Å². The van der Waals surface area contributed by atoms with Gasteiger partial charge >= 0.3 is 0 Å². The van der Waals surface area contributed by atoms with Gasteiger partial charge in [0.2, 0.25) is 4.96 Å². The van der Waals surface area contributed by atoms with Crippen molar-refractivity contribution in [3.63, 3.8) is 0 Å². The first-order chi connectivity index (χ1) is 8.38. The zero-order chi connectivity index (χ0) is 11.7. The summed E-state index contributed by atoms with van der Waals surface area (Å²) in [5.74, 6) is 1.30. The van der Waals surface area contributed by atoms with Gasteiger partial charge in [-0.3, -0.25) is 0 Å². The largest absolute Gasteiger partial charge is 0.307 e. The van der Waals surface area contributed by atoms with E-state index in [4.69, 9.17) is 5.26 Å². The minimum absolute atomic E-state index is 0.265. The summed E-state index contributed by atoms with van der Waals surface area (Å²) in [4.78, 5) is 0.800. The molecule has 0 radical (unpaired) electrons. The molecule has 88 valence electrons. The SMILES string of the molecule is N#CCSc1nn2c([C@H]3CCCN3)nnc2s1. The van der Waals surface area contributed by atoms with Crippen molar-refractivity contribution in [2.45, 2.75) is 23.2 Å². The minimum atomic E-state index is 0.265. The first kappa shape index (κ1) is 11.0. The summed E-state index contributed by atoms with van der Waals surface area (Å²) in [5.41, 5.74) is 0. The zero-order valence-electron chi connectivity index (χ0n) is 8.96. The predicted octanol–water partition coefficient (Wildman–Crippen LogP) is 1.23. The van der Waals surface area contributed by atoms with Crippen LogP contribution in [0.4, 0.5) is 0 Å². The average molecular weight is 266 g/mol. The first-order valence-electron chi connectivity index (χ1n) is 5.34. The van der Waals surface area contributed by atoms with E-state index in [9.17, 15) is 0 Å². The molecule has 1 atom stereocenters. The summed E-state index contributed by atoms with van der Waals surface area (Å²) < 4.78 is 2.67. The van der Waals surface area contributed by atoms with Crippen LogP contribution in [-0.4, -0.2) is 32.1 Å². The molecule has 8 heteroatoms. The number of hydrogen-bond donors (Lipinski definition) is 1. The fourth-order valence-electron chi connectivity index (χ4n) is 1.89. The van der Waals surface area contributed by atoms with Crippen molar-refractivity contribution in [3.8, 4) is 6.07 Å². The number of nitrogens with zero attached hydrogens (tertiary/aromatic N) is 5. The van der Waals surface area contributed by atoms with E-state index in [-0.39, 0.29) is 6.04 Å². The molecule has 3 heterocycles. The van der Waals surface area contributed by atoms with Crippen LogP contribution in [0, 0.1) is 11.3 Å². The summed E-state index contributed by atoms with van der Waals surface area (Å²) in [6.45, 7) is 1.03. The Hall–Kier alpha value is -1.17. The predicted molar refractivity (Wildman–Crippen MR) is 65.0 cm³/mol. The van der Waals surface area contributed by atoms with Crippen LogP contribution in [0.3, 0.4) is 0 Å². The Labute approximate surface area is 106 Å². The highest BCUT2D eigenvalue weighted by atomic mass is 32.2. The van der Waals surface area contributed by atoms with E-state index in [1.54, 1.807) is 4.52 Å². The van der Waals surface area contributed by atoms with Gasteiger partial charge in [0.1, 0.15) is 0 Å². The number of nitriles is 1. The molecule has 0 unspecified atom stereocenters. The summed E-state index contributed by atoms with van der Waals surface area (Å²) >= 11 is 2.92. The van der Waals surface area contributed by atoms with E-state index in [1.165, 1.54) is 29.5 Å². The van der Waals surface area contributed by atoms with Crippen molar-refractivity contribution in [1.29, 1.82) is 5.26 Å². The highest BCUT2D eigenvalue weighted by molar-refractivity contribution is 8.01.